The van der Waals surface area contributed by atoms with E-state index in [9.17, 15) is 26.7 Å². The van der Waals surface area contributed by atoms with Crippen LogP contribution in [0.25, 0.3) is 11.4 Å². The summed E-state index contributed by atoms with van der Waals surface area (Å²) in [4.78, 5) is 26.6. The highest BCUT2D eigenvalue weighted by atomic mass is 35.5. The van der Waals surface area contributed by atoms with Crippen LogP contribution in [0.4, 0.5) is 22.0 Å². The third-order valence-corrected chi connectivity index (χ3v) is 6.74. The van der Waals surface area contributed by atoms with Crippen molar-refractivity contribution in [3.63, 3.8) is 0 Å². The molecule has 2 bridgehead atoms. The Kier molecular flexibility index (Phi) is 6.27. The van der Waals surface area contributed by atoms with Gasteiger partial charge >= 0.3 is 6.18 Å². The molecule has 1 amide bonds. The Labute approximate surface area is 207 Å². The normalized spacial score (nSPS) is 21.5. The number of carbonyl (C=O) groups is 1. The third-order valence-electron chi connectivity index (χ3n) is 6.47. The average molecular weight is 525 g/mol. The highest BCUT2D eigenvalue weighted by Gasteiger charge is 2.45. The molecule has 2 saturated heterocycles. The summed E-state index contributed by atoms with van der Waals surface area (Å²) in [5.41, 5.74) is -1.13. The first-order chi connectivity index (χ1) is 17.1. The lowest BCUT2D eigenvalue weighted by Gasteiger charge is -2.49. The van der Waals surface area contributed by atoms with Crippen LogP contribution < -0.4 is 4.74 Å². The molecule has 1 aliphatic carbocycles. The number of nitrogens with zero attached hydrogens (tertiary/aromatic N) is 4. The van der Waals surface area contributed by atoms with Crippen LogP contribution in [-0.4, -0.2) is 44.4 Å². The largest absolute Gasteiger partial charge is 0.471 e. The molecule has 36 heavy (non-hydrogen) atoms. The van der Waals surface area contributed by atoms with Crippen molar-refractivity contribution >= 4 is 17.5 Å². The smallest absolute Gasteiger partial charge is 0.417 e. The van der Waals surface area contributed by atoms with Gasteiger partial charge in [0.25, 0.3) is 5.91 Å². The van der Waals surface area contributed by atoms with E-state index in [1.54, 1.807) is 4.90 Å². The fourth-order valence-corrected chi connectivity index (χ4v) is 5.04. The second-order valence-corrected chi connectivity index (χ2v) is 9.16. The summed E-state index contributed by atoms with van der Waals surface area (Å²) < 4.78 is 72.9. The summed E-state index contributed by atoms with van der Waals surface area (Å²) in [5.74, 6) is -2.13. The van der Waals surface area contributed by atoms with Crippen molar-refractivity contribution < 1.29 is 31.5 Å². The number of rotatable bonds is 4. The number of ether oxygens (including phenoxy) is 1. The number of piperidine rings is 2. The van der Waals surface area contributed by atoms with Crippen LogP contribution in [-0.2, 0) is 6.18 Å². The van der Waals surface area contributed by atoms with Gasteiger partial charge in [0, 0.05) is 12.7 Å². The zero-order chi connectivity index (χ0) is 25.6. The molecule has 3 atom stereocenters. The Morgan fingerprint density at radius 3 is 2.50 bits per heavy atom. The van der Waals surface area contributed by atoms with Crippen molar-refractivity contribution in [2.75, 3.05) is 6.54 Å². The molecule has 0 unspecified atom stereocenters. The van der Waals surface area contributed by atoms with Crippen molar-refractivity contribution in [2.45, 2.75) is 37.6 Å². The van der Waals surface area contributed by atoms with Crippen LogP contribution in [0.5, 0.6) is 5.88 Å². The van der Waals surface area contributed by atoms with Gasteiger partial charge < -0.3 is 9.64 Å². The molecule has 3 aliphatic rings. The van der Waals surface area contributed by atoms with Crippen LogP contribution >= 0.6 is 11.6 Å². The van der Waals surface area contributed by atoms with E-state index < -0.39 is 41.4 Å². The predicted molar refractivity (Wildman–Crippen MR) is 118 cm³/mol. The van der Waals surface area contributed by atoms with Gasteiger partial charge in [-0.15, -0.1) is 0 Å². The minimum absolute atomic E-state index is 0.0126. The van der Waals surface area contributed by atoms with E-state index in [1.807, 2.05) is 0 Å². The quantitative estimate of drug-likeness (QED) is 0.418. The number of benzene rings is 1. The van der Waals surface area contributed by atoms with E-state index >= 15 is 0 Å². The number of aromatic nitrogens is 3. The Morgan fingerprint density at radius 2 is 1.83 bits per heavy atom. The lowest BCUT2D eigenvalue weighted by molar-refractivity contribution is -0.137. The van der Waals surface area contributed by atoms with E-state index in [-0.39, 0.29) is 33.8 Å². The number of halogens is 6. The maximum absolute atomic E-state index is 14.8. The molecule has 0 spiro atoms. The van der Waals surface area contributed by atoms with Gasteiger partial charge in [-0.1, -0.05) is 17.7 Å². The highest BCUT2D eigenvalue weighted by Crippen LogP contribution is 2.40. The summed E-state index contributed by atoms with van der Waals surface area (Å²) in [5, 5.41) is -0.287. The average Bonchev–Trinajstić information content (AvgIpc) is 2.85. The number of fused-ring (bicyclic) bond motifs is 3. The number of pyridine rings is 1. The maximum atomic E-state index is 14.8. The standard InChI is InChI=1S/C24H18ClF5N4O2/c25-16-7-13(24(28,29)30)8-33-22(16)36-19-6-12-4-5-18(19)34(11-12)23(35)15-2-1-3-17(27)20(15)21-31-9-14(26)10-32-21/h1-3,7-10,12,18-19H,4-6,11H2/t12-,18+,19-/m1/s1. The van der Waals surface area contributed by atoms with Crippen molar-refractivity contribution in [3.05, 3.63) is 70.6 Å². The number of alkyl halides is 3. The SMILES string of the molecule is O=C(c1cccc(F)c1-c1ncc(F)cn1)N1C[C@@H]2CC[C@H]1[C@H](Oc1ncc(C(F)(F)F)cc1Cl)C2. The first-order valence-electron chi connectivity index (χ1n) is 11.1. The fourth-order valence-electron chi connectivity index (χ4n) is 4.83. The Hall–Kier alpha value is -3.34. The van der Waals surface area contributed by atoms with Gasteiger partial charge in [-0.25, -0.2) is 23.7 Å². The lowest BCUT2D eigenvalue weighted by atomic mass is 9.77. The molecule has 2 aliphatic heterocycles. The summed E-state index contributed by atoms with van der Waals surface area (Å²) >= 11 is 6.02. The molecular weight excluding hydrogens is 507 g/mol. The summed E-state index contributed by atoms with van der Waals surface area (Å²) in [6.45, 7) is 0.401. The Balaban J connectivity index is 1.43. The molecule has 3 fully saturated rings. The third kappa shape index (κ3) is 4.59. The number of amides is 1. The predicted octanol–water partition coefficient (Wildman–Crippen LogP) is 5.56. The van der Waals surface area contributed by atoms with E-state index in [0.717, 1.165) is 30.9 Å². The van der Waals surface area contributed by atoms with Gasteiger partial charge in [0.05, 0.1) is 35.1 Å². The number of carbonyl (C=O) groups excluding carboxylic acids is 1. The number of hydrogen-bond acceptors (Lipinski definition) is 5. The minimum Gasteiger partial charge on any atom is -0.471 e. The van der Waals surface area contributed by atoms with Gasteiger partial charge in [0.1, 0.15) is 16.9 Å². The van der Waals surface area contributed by atoms with E-state index in [4.69, 9.17) is 16.3 Å². The van der Waals surface area contributed by atoms with Gasteiger partial charge in [0.15, 0.2) is 11.6 Å². The second kappa shape index (κ2) is 9.27. The lowest BCUT2D eigenvalue weighted by Crippen LogP contribution is -2.59. The van der Waals surface area contributed by atoms with Crippen LogP contribution in [0, 0.1) is 17.6 Å². The minimum atomic E-state index is -4.60. The molecule has 2 aromatic heterocycles. The van der Waals surface area contributed by atoms with Crippen molar-refractivity contribution in [1.29, 1.82) is 0 Å². The van der Waals surface area contributed by atoms with Gasteiger partial charge in [-0.2, -0.15) is 13.2 Å². The highest BCUT2D eigenvalue weighted by molar-refractivity contribution is 6.31. The number of hydrogen-bond donors (Lipinski definition) is 0. The first kappa shape index (κ1) is 24.4. The molecule has 188 valence electrons. The van der Waals surface area contributed by atoms with Crippen LogP contribution in [0.3, 0.4) is 0 Å². The monoisotopic (exact) mass is 524 g/mol. The zero-order valence-corrected chi connectivity index (χ0v) is 19.2. The molecule has 6 rings (SSSR count). The molecular formula is C24H18ClF5N4O2. The zero-order valence-electron chi connectivity index (χ0n) is 18.5. The van der Waals surface area contributed by atoms with Gasteiger partial charge in [0.2, 0.25) is 5.88 Å². The van der Waals surface area contributed by atoms with Crippen LogP contribution in [0.2, 0.25) is 5.02 Å². The van der Waals surface area contributed by atoms with Crippen molar-refractivity contribution in [3.8, 4) is 17.3 Å². The molecule has 6 nitrogen and oxygen atoms in total. The van der Waals surface area contributed by atoms with E-state index in [2.05, 4.69) is 15.0 Å². The second-order valence-electron chi connectivity index (χ2n) is 8.76. The van der Waals surface area contributed by atoms with Gasteiger partial charge in [-0.05, 0) is 43.4 Å². The van der Waals surface area contributed by atoms with Crippen molar-refractivity contribution in [2.24, 2.45) is 5.92 Å². The van der Waals surface area contributed by atoms with Crippen LogP contribution in [0.1, 0.15) is 35.2 Å². The molecule has 0 radical (unpaired) electrons. The molecule has 4 heterocycles. The summed E-state index contributed by atoms with van der Waals surface area (Å²) in [6, 6.07) is 4.30. The van der Waals surface area contributed by atoms with E-state index in [0.29, 0.717) is 25.6 Å². The molecule has 0 N–H and O–H groups in total. The molecule has 1 saturated carbocycles. The molecule has 1 aromatic carbocycles. The summed E-state index contributed by atoms with van der Waals surface area (Å²) in [7, 11) is 0. The van der Waals surface area contributed by atoms with Crippen LogP contribution in [0.15, 0.2) is 42.9 Å². The van der Waals surface area contributed by atoms with Crippen molar-refractivity contribution in [1.82, 2.24) is 19.9 Å². The Morgan fingerprint density at radius 1 is 1.08 bits per heavy atom. The maximum Gasteiger partial charge on any atom is 0.417 e. The van der Waals surface area contributed by atoms with Gasteiger partial charge in [-0.3, -0.25) is 4.79 Å². The molecule has 3 aromatic rings. The molecule has 12 heteroatoms. The Bertz CT molecular complexity index is 1300. The summed E-state index contributed by atoms with van der Waals surface area (Å²) in [6.07, 6.45) is -0.775. The van der Waals surface area contributed by atoms with E-state index in [1.165, 1.54) is 12.1 Å². The fraction of sp³-hybridized carbons (Fsp3) is 0.333. The topological polar surface area (TPSA) is 68.2 Å². The first-order valence-corrected chi connectivity index (χ1v) is 11.5.